The summed E-state index contributed by atoms with van der Waals surface area (Å²) in [6.07, 6.45) is 5.40. The van der Waals surface area contributed by atoms with Crippen molar-refractivity contribution >= 4 is 10.0 Å². The highest BCUT2D eigenvalue weighted by atomic mass is 32.2. The van der Waals surface area contributed by atoms with Crippen molar-refractivity contribution in [2.75, 3.05) is 6.54 Å². The lowest BCUT2D eigenvalue weighted by molar-refractivity contribution is 0.322. The van der Waals surface area contributed by atoms with Crippen LogP contribution in [0.3, 0.4) is 0 Å². The number of aromatic amines is 1. The first-order chi connectivity index (χ1) is 8.49. The summed E-state index contributed by atoms with van der Waals surface area (Å²) in [5, 5.41) is 6.36. The van der Waals surface area contributed by atoms with Crippen molar-refractivity contribution in [3.63, 3.8) is 0 Å². The Morgan fingerprint density at radius 1 is 1.56 bits per heavy atom. The van der Waals surface area contributed by atoms with Gasteiger partial charge in [0.15, 0.2) is 0 Å². The maximum absolute atomic E-state index is 12.0. The van der Waals surface area contributed by atoms with Crippen LogP contribution < -0.4 is 10.5 Å². The van der Waals surface area contributed by atoms with Crippen LogP contribution in [0.5, 0.6) is 0 Å². The van der Waals surface area contributed by atoms with E-state index < -0.39 is 10.0 Å². The minimum absolute atomic E-state index is 0.212. The van der Waals surface area contributed by atoms with Crippen LogP contribution in [0, 0.1) is 12.8 Å². The number of aryl methyl sites for hydroxylation is 1. The van der Waals surface area contributed by atoms with E-state index in [2.05, 4.69) is 14.9 Å². The largest absolute Gasteiger partial charge is 0.328 e. The van der Waals surface area contributed by atoms with Crippen LogP contribution in [0.2, 0.25) is 0 Å². The minimum atomic E-state index is -3.45. The molecule has 0 amide bonds. The van der Waals surface area contributed by atoms with Crippen LogP contribution in [-0.4, -0.2) is 31.2 Å². The van der Waals surface area contributed by atoms with Gasteiger partial charge in [0.2, 0.25) is 10.0 Å². The Balaban J connectivity index is 1.95. The lowest BCUT2D eigenvalue weighted by atomic mass is 9.86. The molecular weight excluding hydrogens is 252 g/mol. The van der Waals surface area contributed by atoms with Crippen LogP contribution in [0.25, 0.3) is 0 Å². The van der Waals surface area contributed by atoms with E-state index in [0.29, 0.717) is 18.2 Å². The molecule has 0 bridgehead atoms. The normalized spacial score (nSPS) is 25.2. The molecule has 2 atom stereocenters. The van der Waals surface area contributed by atoms with E-state index in [0.717, 1.165) is 25.7 Å². The van der Waals surface area contributed by atoms with Gasteiger partial charge in [0, 0.05) is 12.6 Å². The summed E-state index contributed by atoms with van der Waals surface area (Å²) < 4.78 is 26.7. The summed E-state index contributed by atoms with van der Waals surface area (Å²) in [4.78, 5) is 0.225. The third-order valence-corrected chi connectivity index (χ3v) is 5.00. The molecule has 1 fully saturated rings. The lowest BCUT2D eigenvalue weighted by Gasteiger charge is -2.26. The van der Waals surface area contributed by atoms with E-state index in [1.54, 1.807) is 6.92 Å². The van der Waals surface area contributed by atoms with Gasteiger partial charge in [-0.25, -0.2) is 13.1 Å². The highest BCUT2D eigenvalue weighted by molar-refractivity contribution is 7.89. The van der Waals surface area contributed by atoms with Crippen LogP contribution >= 0.6 is 0 Å². The monoisotopic (exact) mass is 272 g/mol. The van der Waals surface area contributed by atoms with Crippen molar-refractivity contribution in [2.45, 2.75) is 43.5 Å². The zero-order chi connectivity index (χ0) is 13.2. The number of rotatable bonds is 4. The molecule has 18 heavy (non-hydrogen) atoms. The van der Waals surface area contributed by atoms with E-state index in [-0.39, 0.29) is 10.9 Å². The van der Waals surface area contributed by atoms with E-state index in [4.69, 9.17) is 5.73 Å². The Morgan fingerprint density at radius 2 is 2.33 bits per heavy atom. The highest BCUT2D eigenvalue weighted by Crippen LogP contribution is 2.23. The summed E-state index contributed by atoms with van der Waals surface area (Å²) in [6, 6.07) is 0.212. The molecule has 1 heterocycles. The number of nitrogens with two attached hydrogens (primary N) is 1. The quantitative estimate of drug-likeness (QED) is 0.743. The molecule has 0 saturated heterocycles. The molecular formula is C11H20N4O2S. The maximum atomic E-state index is 12.0. The molecule has 2 rings (SSSR count). The average Bonchev–Trinajstić information content (AvgIpc) is 2.74. The van der Waals surface area contributed by atoms with E-state index in [1.807, 2.05) is 0 Å². The van der Waals surface area contributed by atoms with Crippen LogP contribution in [-0.2, 0) is 10.0 Å². The summed E-state index contributed by atoms with van der Waals surface area (Å²) in [5.41, 5.74) is 6.45. The van der Waals surface area contributed by atoms with Crippen molar-refractivity contribution in [3.8, 4) is 0 Å². The molecule has 4 N–H and O–H groups in total. The number of aromatic nitrogens is 2. The Kier molecular flexibility index (Phi) is 4.04. The molecule has 1 aliphatic rings. The molecule has 102 valence electrons. The van der Waals surface area contributed by atoms with E-state index in [9.17, 15) is 8.42 Å². The summed E-state index contributed by atoms with van der Waals surface area (Å²) in [5.74, 6) is 0.343. The van der Waals surface area contributed by atoms with Gasteiger partial charge in [-0.05, 0) is 32.1 Å². The predicted octanol–water partition coefficient (Wildman–Crippen LogP) is 0.514. The smallest absolute Gasteiger partial charge is 0.243 e. The zero-order valence-electron chi connectivity index (χ0n) is 10.5. The molecule has 1 aromatic heterocycles. The second kappa shape index (κ2) is 5.38. The van der Waals surface area contributed by atoms with Gasteiger partial charge in [0.1, 0.15) is 4.90 Å². The number of nitrogens with one attached hydrogen (secondary N) is 2. The second-order valence-corrected chi connectivity index (χ2v) is 6.74. The summed E-state index contributed by atoms with van der Waals surface area (Å²) in [7, 11) is -3.45. The Bertz CT molecular complexity index is 497. The summed E-state index contributed by atoms with van der Waals surface area (Å²) >= 11 is 0. The fourth-order valence-electron chi connectivity index (χ4n) is 2.43. The Labute approximate surface area is 107 Å². The highest BCUT2D eigenvalue weighted by Gasteiger charge is 2.23. The fraction of sp³-hybridized carbons (Fsp3) is 0.727. The van der Waals surface area contributed by atoms with Gasteiger partial charge in [-0.1, -0.05) is 6.42 Å². The van der Waals surface area contributed by atoms with Gasteiger partial charge in [0.05, 0.1) is 11.9 Å². The Morgan fingerprint density at radius 3 is 2.94 bits per heavy atom. The summed E-state index contributed by atoms with van der Waals surface area (Å²) in [6.45, 7) is 2.15. The number of sulfonamides is 1. The molecule has 0 aromatic carbocycles. The van der Waals surface area contributed by atoms with Crippen molar-refractivity contribution in [3.05, 3.63) is 11.9 Å². The molecule has 1 aliphatic carbocycles. The molecule has 2 unspecified atom stereocenters. The lowest BCUT2D eigenvalue weighted by Crippen LogP contribution is -2.35. The number of hydrogen-bond donors (Lipinski definition) is 3. The molecule has 7 heteroatoms. The van der Waals surface area contributed by atoms with Crippen molar-refractivity contribution in [2.24, 2.45) is 11.7 Å². The van der Waals surface area contributed by atoms with Crippen molar-refractivity contribution < 1.29 is 8.42 Å². The SMILES string of the molecule is Cc1[nH]ncc1S(=O)(=O)NCC1CCCC(N)C1. The van der Waals surface area contributed by atoms with E-state index in [1.165, 1.54) is 6.20 Å². The topological polar surface area (TPSA) is 101 Å². The standard InChI is InChI=1S/C11H20N4O2S/c1-8-11(7-13-15-8)18(16,17)14-6-9-3-2-4-10(12)5-9/h7,9-10,14H,2-6,12H2,1H3,(H,13,15). The zero-order valence-corrected chi connectivity index (χ0v) is 11.3. The first-order valence-corrected chi connectivity index (χ1v) is 7.72. The first kappa shape index (κ1) is 13.5. The van der Waals surface area contributed by atoms with Gasteiger partial charge in [-0.2, -0.15) is 5.10 Å². The molecule has 6 nitrogen and oxygen atoms in total. The van der Waals surface area contributed by atoms with Gasteiger partial charge >= 0.3 is 0 Å². The maximum Gasteiger partial charge on any atom is 0.243 e. The molecule has 1 saturated carbocycles. The average molecular weight is 272 g/mol. The molecule has 1 aromatic rings. The van der Waals surface area contributed by atoms with Crippen LogP contribution in [0.15, 0.2) is 11.1 Å². The molecule has 0 radical (unpaired) electrons. The predicted molar refractivity (Wildman–Crippen MR) is 68.4 cm³/mol. The van der Waals surface area contributed by atoms with E-state index >= 15 is 0 Å². The second-order valence-electron chi connectivity index (χ2n) is 5.00. The van der Waals surface area contributed by atoms with Gasteiger partial charge < -0.3 is 5.73 Å². The Hall–Kier alpha value is -0.920. The molecule has 0 aliphatic heterocycles. The first-order valence-electron chi connectivity index (χ1n) is 6.24. The van der Waals surface area contributed by atoms with Crippen molar-refractivity contribution in [1.82, 2.24) is 14.9 Å². The van der Waals surface area contributed by atoms with Gasteiger partial charge in [0.25, 0.3) is 0 Å². The minimum Gasteiger partial charge on any atom is -0.328 e. The van der Waals surface area contributed by atoms with Gasteiger partial charge in [-0.3, -0.25) is 5.10 Å². The molecule has 0 spiro atoms. The van der Waals surface area contributed by atoms with Crippen LogP contribution in [0.1, 0.15) is 31.4 Å². The number of H-pyrrole nitrogens is 1. The third kappa shape index (κ3) is 3.09. The number of nitrogens with zero attached hydrogens (tertiary/aromatic N) is 1. The van der Waals surface area contributed by atoms with Gasteiger partial charge in [-0.15, -0.1) is 0 Å². The number of hydrogen-bond acceptors (Lipinski definition) is 4. The fourth-order valence-corrected chi connectivity index (χ4v) is 3.68. The third-order valence-electron chi connectivity index (χ3n) is 3.46. The van der Waals surface area contributed by atoms with Crippen LogP contribution in [0.4, 0.5) is 0 Å². The van der Waals surface area contributed by atoms with Crippen molar-refractivity contribution in [1.29, 1.82) is 0 Å².